The summed E-state index contributed by atoms with van der Waals surface area (Å²) in [5.41, 5.74) is 0.784. The molecular weight excluding hydrogens is 294 g/mol. The fourth-order valence-corrected chi connectivity index (χ4v) is 3.27. The lowest BCUT2D eigenvalue weighted by Gasteiger charge is -2.33. The van der Waals surface area contributed by atoms with Crippen molar-refractivity contribution >= 4 is 17.4 Å². The van der Waals surface area contributed by atoms with Crippen LogP contribution in [0.1, 0.15) is 25.7 Å². The summed E-state index contributed by atoms with van der Waals surface area (Å²) in [6, 6.07) is 3.77. The van der Waals surface area contributed by atoms with Crippen molar-refractivity contribution in [3.63, 3.8) is 0 Å². The third-order valence-electron chi connectivity index (χ3n) is 4.81. The molecule has 23 heavy (non-hydrogen) atoms. The van der Waals surface area contributed by atoms with Gasteiger partial charge in [-0.15, -0.1) is 0 Å². The highest BCUT2D eigenvalue weighted by atomic mass is 16.5. The van der Waals surface area contributed by atoms with Crippen LogP contribution in [0.2, 0.25) is 0 Å². The molecule has 1 aromatic heterocycles. The number of hydrogen-bond acceptors (Lipinski definition) is 5. The standard InChI is InChI=1S/C17H25N3O3/c21-12-13-3-8-20(9-4-13)16-15(2-1-7-18-16)19-17(22)14-5-10-23-11-6-14/h1-2,7,13-14,21H,3-6,8-12H2,(H,19,22). The van der Waals surface area contributed by atoms with Crippen molar-refractivity contribution in [3.8, 4) is 0 Å². The van der Waals surface area contributed by atoms with Crippen LogP contribution in [-0.2, 0) is 9.53 Å². The van der Waals surface area contributed by atoms with Crippen molar-refractivity contribution in [2.45, 2.75) is 25.7 Å². The van der Waals surface area contributed by atoms with Gasteiger partial charge < -0.3 is 20.1 Å². The minimum Gasteiger partial charge on any atom is -0.396 e. The number of pyridine rings is 1. The molecule has 6 nitrogen and oxygen atoms in total. The molecule has 2 aliphatic rings. The Hall–Kier alpha value is -1.66. The lowest BCUT2D eigenvalue weighted by molar-refractivity contribution is -0.122. The van der Waals surface area contributed by atoms with Crippen molar-refractivity contribution in [1.82, 2.24) is 4.98 Å². The smallest absolute Gasteiger partial charge is 0.227 e. The highest BCUT2D eigenvalue weighted by Gasteiger charge is 2.25. The van der Waals surface area contributed by atoms with E-state index in [2.05, 4.69) is 15.2 Å². The average Bonchev–Trinajstić information content (AvgIpc) is 2.63. The van der Waals surface area contributed by atoms with Gasteiger partial charge in [-0.2, -0.15) is 0 Å². The summed E-state index contributed by atoms with van der Waals surface area (Å²) in [4.78, 5) is 19.1. The van der Waals surface area contributed by atoms with E-state index in [-0.39, 0.29) is 18.4 Å². The molecule has 2 aliphatic heterocycles. The highest BCUT2D eigenvalue weighted by molar-refractivity contribution is 5.95. The number of anilines is 2. The molecule has 2 fully saturated rings. The fraction of sp³-hybridized carbons (Fsp3) is 0.647. The molecule has 0 bridgehead atoms. The first kappa shape index (κ1) is 16.2. The third kappa shape index (κ3) is 4.00. The first-order valence-corrected chi connectivity index (χ1v) is 8.47. The first-order valence-electron chi connectivity index (χ1n) is 8.47. The molecule has 0 aromatic carbocycles. The Bertz CT molecular complexity index is 524. The Labute approximate surface area is 136 Å². The zero-order valence-corrected chi connectivity index (χ0v) is 13.4. The van der Waals surface area contributed by atoms with E-state index in [0.717, 1.165) is 50.3 Å². The number of aliphatic hydroxyl groups is 1. The van der Waals surface area contributed by atoms with Gasteiger partial charge in [0.2, 0.25) is 5.91 Å². The summed E-state index contributed by atoms with van der Waals surface area (Å²) >= 11 is 0. The number of rotatable bonds is 4. The Morgan fingerprint density at radius 3 is 2.74 bits per heavy atom. The van der Waals surface area contributed by atoms with Gasteiger partial charge in [0.25, 0.3) is 0 Å². The first-order chi connectivity index (χ1) is 11.3. The molecular formula is C17H25N3O3. The van der Waals surface area contributed by atoms with Crippen molar-refractivity contribution in [1.29, 1.82) is 0 Å². The van der Waals surface area contributed by atoms with E-state index < -0.39 is 0 Å². The van der Waals surface area contributed by atoms with Crippen LogP contribution in [0.3, 0.4) is 0 Å². The topological polar surface area (TPSA) is 74.7 Å². The fourth-order valence-electron chi connectivity index (χ4n) is 3.27. The maximum absolute atomic E-state index is 12.5. The van der Waals surface area contributed by atoms with E-state index in [1.165, 1.54) is 0 Å². The molecule has 3 heterocycles. The minimum absolute atomic E-state index is 0.0249. The summed E-state index contributed by atoms with van der Waals surface area (Å²) in [5, 5.41) is 12.3. The molecule has 1 aromatic rings. The van der Waals surface area contributed by atoms with E-state index in [1.807, 2.05) is 12.1 Å². The number of hydrogen-bond donors (Lipinski definition) is 2. The van der Waals surface area contributed by atoms with Gasteiger partial charge in [-0.3, -0.25) is 4.79 Å². The molecule has 2 saturated heterocycles. The summed E-state index contributed by atoms with van der Waals surface area (Å²) in [7, 11) is 0. The van der Waals surface area contributed by atoms with Crippen LogP contribution in [0, 0.1) is 11.8 Å². The molecule has 1 amide bonds. The van der Waals surface area contributed by atoms with Crippen LogP contribution in [0.5, 0.6) is 0 Å². The van der Waals surface area contributed by atoms with Gasteiger partial charge in [-0.25, -0.2) is 4.98 Å². The van der Waals surface area contributed by atoms with Gasteiger partial charge in [-0.05, 0) is 43.7 Å². The van der Waals surface area contributed by atoms with Crippen LogP contribution >= 0.6 is 0 Å². The number of amides is 1. The van der Waals surface area contributed by atoms with Crippen LogP contribution < -0.4 is 10.2 Å². The molecule has 0 radical (unpaired) electrons. The van der Waals surface area contributed by atoms with E-state index in [1.54, 1.807) is 6.20 Å². The van der Waals surface area contributed by atoms with Crippen molar-refractivity contribution < 1.29 is 14.6 Å². The monoisotopic (exact) mass is 319 g/mol. The maximum atomic E-state index is 12.5. The summed E-state index contributed by atoms with van der Waals surface area (Å²) < 4.78 is 5.32. The van der Waals surface area contributed by atoms with Gasteiger partial charge in [-0.1, -0.05) is 0 Å². The van der Waals surface area contributed by atoms with E-state index in [0.29, 0.717) is 19.1 Å². The Morgan fingerprint density at radius 1 is 1.30 bits per heavy atom. The second-order valence-electron chi connectivity index (χ2n) is 6.36. The predicted octanol–water partition coefficient (Wildman–Crippen LogP) is 1.66. The number of aliphatic hydroxyl groups excluding tert-OH is 1. The molecule has 6 heteroatoms. The quantitative estimate of drug-likeness (QED) is 0.883. The minimum atomic E-state index is 0.0249. The van der Waals surface area contributed by atoms with Gasteiger partial charge >= 0.3 is 0 Å². The van der Waals surface area contributed by atoms with Crippen molar-refractivity contribution in [3.05, 3.63) is 18.3 Å². The number of ether oxygens (including phenoxy) is 1. The number of carbonyl (C=O) groups excluding carboxylic acids is 1. The summed E-state index contributed by atoms with van der Waals surface area (Å²) in [5.74, 6) is 1.31. The molecule has 0 atom stereocenters. The highest BCUT2D eigenvalue weighted by Crippen LogP contribution is 2.28. The van der Waals surface area contributed by atoms with Gasteiger partial charge in [0.1, 0.15) is 0 Å². The number of nitrogens with one attached hydrogen (secondary N) is 1. The zero-order chi connectivity index (χ0) is 16.1. The number of nitrogens with zero attached hydrogens (tertiary/aromatic N) is 2. The third-order valence-corrected chi connectivity index (χ3v) is 4.81. The number of piperidine rings is 1. The Kier molecular flexibility index (Phi) is 5.46. The SMILES string of the molecule is O=C(Nc1cccnc1N1CCC(CO)CC1)C1CCOCC1. The summed E-state index contributed by atoms with van der Waals surface area (Å²) in [6.07, 6.45) is 5.24. The lowest BCUT2D eigenvalue weighted by atomic mass is 9.97. The zero-order valence-electron chi connectivity index (χ0n) is 13.4. The van der Waals surface area contributed by atoms with Crippen LogP contribution in [0.4, 0.5) is 11.5 Å². The van der Waals surface area contributed by atoms with E-state index in [4.69, 9.17) is 4.74 Å². The van der Waals surface area contributed by atoms with Gasteiger partial charge in [0, 0.05) is 45.0 Å². The maximum Gasteiger partial charge on any atom is 0.227 e. The van der Waals surface area contributed by atoms with Crippen molar-refractivity contribution in [2.24, 2.45) is 11.8 Å². The Balaban J connectivity index is 1.67. The molecule has 0 saturated carbocycles. The largest absolute Gasteiger partial charge is 0.396 e. The second-order valence-corrected chi connectivity index (χ2v) is 6.36. The van der Waals surface area contributed by atoms with Crippen LogP contribution in [0.15, 0.2) is 18.3 Å². The molecule has 126 valence electrons. The lowest BCUT2D eigenvalue weighted by Crippen LogP contribution is -2.36. The van der Waals surface area contributed by atoms with E-state index in [9.17, 15) is 9.90 Å². The van der Waals surface area contributed by atoms with Crippen LogP contribution in [0.25, 0.3) is 0 Å². The molecule has 2 N–H and O–H groups in total. The number of aromatic nitrogens is 1. The molecule has 0 unspecified atom stereocenters. The molecule has 0 aliphatic carbocycles. The second kappa shape index (κ2) is 7.75. The molecule has 0 spiro atoms. The summed E-state index contributed by atoms with van der Waals surface area (Å²) in [6.45, 7) is 3.30. The predicted molar refractivity (Wildman–Crippen MR) is 88.4 cm³/mol. The average molecular weight is 319 g/mol. The normalized spacial score (nSPS) is 20.5. The van der Waals surface area contributed by atoms with Gasteiger partial charge in [0.15, 0.2) is 5.82 Å². The Morgan fingerprint density at radius 2 is 2.04 bits per heavy atom. The van der Waals surface area contributed by atoms with Crippen molar-refractivity contribution in [2.75, 3.05) is 43.1 Å². The van der Waals surface area contributed by atoms with Gasteiger partial charge in [0.05, 0.1) is 5.69 Å². The number of carbonyl (C=O) groups is 1. The van der Waals surface area contributed by atoms with E-state index >= 15 is 0 Å². The molecule has 3 rings (SSSR count). The van der Waals surface area contributed by atoms with Crippen LogP contribution in [-0.4, -0.2) is 48.9 Å².